The Kier molecular flexibility index (Phi) is 5.86. The average molecular weight is 578 g/mol. The lowest BCUT2D eigenvalue weighted by Crippen LogP contribution is -2.14. The highest BCUT2D eigenvalue weighted by Crippen LogP contribution is 2.52. The highest BCUT2D eigenvalue weighted by atomic mass is 35.5. The largest absolute Gasteiger partial charge is 0.308 e. The van der Waals surface area contributed by atoms with Crippen LogP contribution in [0.2, 0.25) is 5.02 Å². The van der Waals surface area contributed by atoms with Gasteiger partial charge in [-0.25, -0.2) is 0 Å². The molecule has 0 saturated heterocycles. The second kappa shape index (κ2) is 9.66. The highest BCUT2D eigenvalue weighted by Gasteiger charge is 2.35. The minimum Gasteiger partial charge on any atom is -0.308 e. The van der Waals surface area contributed by atoms with Gasteiger partial charge in [-0.05, 0) is 105 Å². The molecular formula is C39H28ClNS. The standard InChI is InChI=1S/C39H28ClNS/c1-39(2)33-10-4-3-9-31(33)32-24-26(17-20-34(32)39)28-21-27(22-29(40)23-28)25-15-18-30(19-16-25)41-35-11-5-7-13-37(35)42-38-14-8-6-12-36(38)41/h3-24H,1-2H3. The van der Waals surface area contributed by atoms with Gasteiger partial charge in [0.2, 0.25) is 0 Å². The molecule has 0 radical (unpaired) electrons. The van der Waals surface area contributed by atoms with E-state index in [0.717, 1.165) is 27.4 Å². The van der Waals surface area contributed by atoms with Crippen molar-refractivity contribution in [1.82, 2.24) is 0 Å². The maximum absolute atomic E-state index is 6.75. The van der Waals surface area contributed by atoms with Crippen LogP contribution in [0.5, 0.6) is 0 Å². The molecule has 6 aromatic carbocycles. The molecule has 202 valence electrons. The fourth-order valence-corrected chi connectivity index (χ4v) is 7.90. The molecule has 0 fully saturated rings. The lowest BCUT2D eigenvalue weighted by molar-refractivity contribution is 0.660. The predicted octanol–water partition coefficient (Wildman–Crippen LogP) is 11.9. The summed E-state index contributed by atoms with van der Waals surface area (Å²) >= 11 is 8.58. The SMILES string of the molecule is CC1(C)c2ccccc2-c2cc(-c3cc(Cl)cc(-c4ccc(N5c6ccccc6Sc6ccccc65)cc4)c3)ccc21. The number of fused-ring (bicyclic) bond motifs is 5. The Bertz CT molecular complexity index is 1960. The molecule has 2 aliphatic rings. The van der Waals surface area contributed by atoms with Crippen molar-refractivity contribution in [2.24, 2.45) is 0 Å². The summed E-state index contributed by atoms with van der Waals surface area (Å²) in [5, 5.41) is 0.740. The van der Waals surface area contributed by atoms with Crippen LogP contribution in [0.25, 0.3) is 33.4 Å². The molecule has 1 aliphatic heterocycles. The van der Waals surface area contributed by atoms with Gasteiger partial charge in [0.05, 0.1) is 11.4 Å². The van der Waals surface area contributed by atoms with Gasteiger partial charge in [-0.2, -0.15) is 0 Å². The Morgan fingerprint density at radius 2 is 1.10 bits per heavy atom. The van der Waals surface area contributed by atoms with Crippen LogP contribution in [0.1, 0.15) is 25.0 Å². The number of nitrogens with zero attached hydrogens (tertiary/aromatic N) is 1. The molecule has 0 atom stereocenters. The fraction of sp³-hybridized carbons (Fsp3) is 0.0769. The first-order chi connectivity index (χ1) is 20.5. The Balaban J connectivity index is 1.17. The molecular weight excluding hydrogens is 550 g/mol. The minimum atomic E-state index is -0.000230. The van der Waals surface area contributed by atoms with Crippen LogP contribution in [-0.2, 0) is 5.41 Å². The van der Waals surface area contributed by atoms with Crippen LogP contribution < -0.4 is 4.90 Å². The molecule has 0 saturated carbocycles. The summed E-state index contributed by atoms with van der Waals surface area (Å²) in [6.45, 7) is 4.64. The first kappa shape index (κ1) is 25.5. The van der Waals surface area contributed by atoms with E-state index in [9.17, 15) is 0 Å². The summed E-state index contributed by atoms with van der Waals surface area (Å²) in [5.41, 5.74) is 13.5. The van der Waals surface area contributed by atoms with Crippen LogP contribution in [0, 0.1) is 0 Å². The van der Waals surface area contributed by atoms with E-state index in [-0.39, 0.29) is 5.41 Å². The fourth-order valence-electron chi connectivity index (χ4n) is 6.61. The highest BCUT2D eigenvalue weighted by molar-refractivity contribution is 7.99. The topological polar surface area (TPSA) is 3.24 Å². The van der Waals surface area contributed by atoms with E-state index in [1.807, 2.05) is 11.8 Å². The van der Waals surface area contributed by atoms with Crippen LogP contribution in [0.3, 0.4) is 0 Å². The number of hydrogen-bond donors (Lipinski definition) is 0. The summed E-state index contributed by atoms with van der Waals surface area (Å²) in [4.78, 5) is 4.89. The average Bonchev–Trinajstić information content (AvgIpc) is 3.25. The normalized spacial score (nSPS) is 14.1. The van der Waals surface area contributed by atoms with Gasteiger partial charge in [-0.15, -0.1) is 0 Å². The van der Waals surface area contributed by atoms with Crippen molar-refractivity contribution in [3.63, 3.8) is 0 Å². The van der Waals surface area contributed by atoms with Crippen molar-refractivity contribution in [2.75, 3.05) is 4.90 Å². The lowest BCUT2D eigenvalue weighted by atomic mass is 9.82. The lowest BCUT2D eigenvalue weighted by Gasteiger charge is -2.32. The zero-order valence-electron chi connectivity index (χ0n) is 23.4. The Morgan fingerprint density at radius 1 is 0.524 bits per heavy atom. The van der Waals surface area contributed by atoms with Gasteiger partial charge in [-0.3, -0.25) is 0 Å². The van der Waals surface area contributed by atoms with Gasteiger partial charge in [0.1, 0.15) is 0 Å². The first-order valence-corrected chi connectivity index (χ1v) is 15.5. The second-order valence-corrected chi connectivity index (χ2v) is 13.1. The smallest absolute Gasteiger partial charge is 0.0601 e. The zero-order chi connectivity index (χ0) is 28.4. The second-order valence-electron chi connectivity index (χ2n) is 11.6. The zero-order valence-corrected chi connectivity index (χ0v) is 25.0. The molecule has 0 spiro atoms. The van der Waals surface area contributed by atoms with Crippen molar-refractivity contribution in [1.29, 1.82) is 0 Å². The van der Waals surface area contributed by atoms with E-state index < -0.39 is 0 Å². The van der Waals surface area contributed by atoms with E-state index in [0.29, 0.717) is 0 Å². The number of anilines is 3. The van der Waals surface area contributed by atoms with Crippen molar-refractivity contribution in [3.8, 4) is 33.4 Å². The Hall–Kier alpha value is -4.24. The van der Waals surface area contributed by atoms with Gasteiger partial charge in [0.25, 0.3) is 0 Å². The minimum absolute atomic E-state index is 0.000230. The van der Waals surface area contributed by atoms with Crippen molar-refractivity contribution in [2.45, 2.75) is 29.1 Å². The number of rotatable bonds is 3. The van der Waals surface area contributed by atoms with E-state index in [4.69, 9.17) is 11.6 Å². The third kappa shape index (κ3) is 4.01. The molecule has 6 aromatic rings. The molecule has 1 nitrogen and oxygen atoms in total. The molecule has 1 aliphatic carbocycles. The molecule has 0 bridgehead atoms. The van der Waals surface area contributed by atoms with Crippen molar-refractivity contribution < 1.29 is 0 Å². The molecule has 8 rings (SSSR count). The van der Waals surface area contributed by atoms with Crippen LogP contribution >= 0.6 is 23.4 Å². The predicted molar refractivity (Wildman–Crippen MR) is 179 cm³/mol. The van der Waals surface area contributed by atoms with E-state index >= 15 is 0 Å². The summed E-state index contributed by atoms with van der Waals surface area (Å²) in [6, 6.07) is 48.2. The maximum Gasteiger partial charge on any atom is 0.0601 e. The first-order valence-electron chi connectivity index (χ1n) is 14.3. The summed E-state index contributed by atoms with van der Waals surface area (Å²) < 4.78 is 0. The third-order valence-corrected chi connectivity index (χ3v) is 10.1. The number of para-hydroxylation sites is 2. The van der Waals surface area contributed by atoms with Crippen molar-refractivity contribution >= 4 is 40.4 Å². The van der Waals surface area contributed by atoms with Crippen molar-refractivity contribution in [3.05, 3.63) is 150 Å². The Labute approximate surface area is 256 Å². The maximum atomic E-state index is 6.75. The number of benzene rings is 6. The van der Waals surface area contributed by atoms with E-state index in [2.05, 4.69) is 152 Å². The van der Waals surface area contributed by atoms with Gasteiger partial charge in [0, 0.05) is 25.9 Å². The molecule has 0 N–H and O–H groups in total. The molecule has 0 unspecified atom stereocenters. The van der Waals surface area contributed by atoms with Gasteiger partial charge in [0.15, 0.2) is 0 Å². The van der Waals surface area contributed by atoms with Gasteiger partial charge in [-0.1, -0.05) is 110 Å². The van der Waals surface area contributed by atoms with Gasteiger partial charge >= 0.3 is 0 Å². The summed E-state index contributed by atoms with van der Waals surface area (Å²) in [5.74, 6) is 0. The molecule has 0 aromatic heterocycles. The van der Waals surface area contributed by atoms with Crippen LogP contribution in [-0.4, -0.2) is 0 Å². The molecule has 3 heteroatoms. The summed E-state index contributed by atoms with van der Waals surface area (Å²) in [7, 11) is 0. The molecule has 1 heterocycles. The third-order valence-electron chi connectivity index (χ3n) is 8.71. The number of hydrogen-bond acceptors (Lipinski definition) is 2. The quantitative estimate of drug-likeness (QED) is 0.205. The number of halogens is 1. The van der Waals surface area contributed by atoms with Gasteiger partial charge < -0.3 is 4.90 Å². The molecule has 0 amide bonds. The van der Waals surface area contributed by atoms with Crippen LogP contribution in [0.4, 0.5) is 17.1 Å². The van der Waals surface area contributed by atoms with Crippen LogP contribution in [0.15, 0.2) is 143 Å². The molecule has 42 heavy (non-hydrogen) atoms. The monoisotopic (exact) mass is 577 g/mol. The van der Waals surface area contributed by atoms with E-state index in [1.165, 1.54) is 49.0 Å². The summed E-state index contributed by atoms with van der Waals surface area (Å²) in [6.07, 6.45) is 0. The Morgan fingerprint density at radius 3 is 1.81 bits per heavy atom. The van der Waals surface area contributed by atoms with E-state index in [1.54, 1.807) is 0 Å².